The molecule has 0 aliphatic carbocycles. The van der Waals surface area contributed by atoms with E-state index >= 15 is 0 Å². The summed E-state index contributed by atoms with van der Waals surface area (Å²) in [5, 5.41) is 0. The van der Waals surface area contributed by atoms with Crippen LogP contribution in [0.4, 0.5) is 0 Å². The molecular weight excluding hydrogens is 223 g/mol. The summed E-state index contributed by atoms with van der Waals surface area (Å²) in [6, 6.07) is 10.1. The molecule has 2 heteroatoms. The van der Waals surface area contributed by atoms with Gasteiger partial charge in [0.15, 0.2) is 0 Å². The molecule has 0 bridgehead atoms. The first-order valence-electron chi connectivity index (χ1n) is 3.31. The Morgan fingerprint density at radius 3 is 2.55 bits per heavy atom. The van der Waals surface area contributed by atoms with E-state index in [0.29, 0.717) is 5.88 Å². The Labute approximate surface area is 80.0 Å². The fourth-order valence-corrected chi connectivity index (χ4v) is 1.55. The number of alkyl halides is 1. The molecule has 1 aromatic carbocycles. The molecule has 58 valence electrons. The molecule has 1 aromatic rings. The normalized spacial score (nSPS) is 11.6. The summed E-state index contributed by atoms with van der Waals surface area (Å²) in [5.74, 6) is 0.537. The van der Waals surface area contributed by atoms with E-state index in [2.05, 4.69) is 15.9 Å². The van der Waals surface area contributed by atoms with Gasteiger partial charge in [0, 0.05) is 10.4 Å². The van der Waals surface area contributed by atoms with E-state index in [1.807, 2.05) is 36.4 Å². The summed E-state index contributed by atoms with van der Waals surface area (Å²) in [5.41, 5.74) is 1.16. The molecule has 0 heterocycles. The molecular formula is C9H8BrCl. The maximum atomic E-state index is 5.54. The molecule has 0 unspecified atom stereocenters. The van der Waals surface area contributed by atoms with Gasteiger partial charge in [0.05, 0.1) is 0 Å². The van der Waals surface area contributed by atoms with Gasteiger partial charge in [0.1, 0.15) is 0 Å². The van der Waals surface area contributed by atoms with Crippen LogP contribution in [0, 0.1) is 0 Å². The summed E-state index contributed by atoms with van der Waals surface area (Å²) in [7, 11) is 0. The molecule has 11 heavy (non-hydrogen) atoms. The highest BCUT2D eigenvalue weighted by Crippen LogP contribution is 2.20. The van der Waals surface area contributed by atoms with Gasteiger partial charge >= 0.3 is 0 Å². The van der Waals surface area contributed by atoms with Crippen molar-refractivity contribution in [2.24, 2.45) is 0 Å². The quantitative estimate of drug-likeness (QED) is 0.682. The van der Waals surface area contributed by atoms with Crippen molar-refractivity contribution in [1.29, 1.82) is 0 Å². The molecule has 0 saturated heterocycles. The summed E-state index contributed by atoms with van der Waals surface area (Å²) < 4.78 is 1.05. The van der Waals surface area contributed by atoms with E-state index in [4.69, 9.17) is 11.6 Å². The van der Waals surface area contributed by atoms with Gasteiger partial charge in [-0.05, 0) is 5.56 Å². The number of benzene rings is 1. The van der Waals surface area contributed by atoms with Crippen LogP contribution in [-0.4, -0.2) is 5.88 Å². The number of hydrogen-bond acceptors (Lipinski definition) is 0. The van der Waals surface area contributed by atoms with Gasteiger partial charge < -0.3 is 0 Å². The Kier molecular flexibility index (Phi) is 3.67. The lowest BCUT2D eigenvalue weighted by Crippen LogP contribution is -1.74. The van der Waals surface area contributed by atoms with E-state index in [1.54, 1.807) is 0 Å². The molecule has 0 radical (unpaired) electrons. The van der Waals surface area contributed by atoms with Crippen LogP contribution in [0.2, 0.25) is 0 Å². The monoisotopic (exact) mass is 230 g/mol. The Balaban J connectivity index is 2.85. The minimum Gasteiger partial charge on any atom is -0.122 e. The fraction of sp³-hybridized carbons (Fsp3) is 0.111. The van der Waals surface area contributed by atoms with Crippen LogP contribution < -0.4 is 0 Å². The lowest BCUT2D eigenvalue weighted by molar-refractivity contribution is 1.64. The Morgan fingerprint density at radius 2 is 2.00 bits per heavy atom. The van der Waals surface area contributed by atoms with Crippen LogP contribution in [0.1, 0.15) is 5.56 Å². The Hall–Kier alpha value is -0.270. The average Bonchev–Trinajstić information content (AvgIpc) is 2.07. The van der Waals surface area contributed by atoms with E-state index in [9.17, 15) is 0 Å². The van der Waals surface area contributed by atoms with Gasteiger partial charge in [-0.1, -0.05) is 52.3 Å². The van der Waals surface area contributed by atoms with Crippen molar-refractivity contribution >= 4 is 32.0 Å². The van der Waals surface area contributed by atoms with Crippen molar-refractivity contribution < 1.29 is 0 Å². The highest BCUT2D eigenvalue weighted by molar-refractivity contribution is 9.15. The lowest BCUT2D eigenvalue weighted by Gasteiger charge is -1.96. The van der Waals surface area contributed by atoms with E-state index in [-0.39, 0.29) is 0 Å². The second-order valence-corrected chi connectivity index (χ2v) is 3.24. The van der Waals surface area contributed by atoms with Crippen molar-refractivity contribution in [1.82, 2.24) is 0 Å². The minimum atomic E-state index is 0.537. The molecule has 0 amide bonds. The average molecular weight is 232 g/mol. The molecule has 0 nitrogen and oxygen atoms in total. The Morgan fingerprint density at radius 1 is 1.36 bits per heavy atom. The summed E-state index contributed by atoms with van der Waals surface area (Å²) in [4.78, 5) is 0. The zero-order chi connectivity index (χ0) is 8.10. The third-order valence-electron chi connectivity index (χ3n) is 1.31. The standard InChI is InChI=1S/C9H8BrCl/c10-9(6-7-11)8-4-2-1-3-5-8/h1-6H,7H2. The van der Waals surface area contributed by atoms with Crippen LogP contribution >= 0.6 is 27.5 Å². The first-order valence-corrected chi connectivity index (χ1v) is 4.64. The van der Waals surface area contributed by atoms with Gasteiger partial charge in [0.2, 0.25) is 0 Å². The van der Waals surface area contributed by atoms with Crippen molar-refractivity contribution in [2.75, 3.05) is 5.88 Å². The van der Waals surface area contributed by atoms with Gasteiger partial charge in [0.25, 0.3) is 0 Å². The Bertz CT molecular complexity index is 241. The predicted octanol–water partition coefficient (Wildman–Crippen LogP) is 3.66. The van der Waals surface area contributed by atoms with Crippen molar-refractivity contribution in [2.45, 2.75) is 0 Å². The van der Waals surface area contributed by atoms with Crippen LogP contribution in [0.15, 0.2) is 36.4 Å². The van der Waals surface area contributed by atoms with Gasteiger partial charge in [-0.3, -0.25) is 0 Å². The first kappa shape index (κ1) is 8.82. The number of hydrogen-bond donors (Lipinski definition) is 0. The second kappa shape index (κ2) is 4.58. The molecule has 1 rings (SSSR count). The topological polar surface area (TPSA) is 0 Å². The zero-order valence-corrected chi connectivity index (χ0v) is 8.27. The van der Waals surface area contributed by atoms with Crippen molar-refractivity contribution in [3.8, 4) is 0 Å². The highest BCUT2D eigenvalue weighted by Gasteiger charge is 1.92. The largest absolute Gasteiger partial charge is 0.122 e. The lowest BCUT2D eigenvalue weighted by atomic mass is 10.2. The minimum absolute atomic E-state index is 0.537. The maximum absolute atomic E-state index is 5.54. The molecule has 0 fully saturated rings. The number of allylic oxidation sites excluding steroid dienone is 1. The predicted molar refractivity (Wildman–Crippen MR) is 54.1 cm³/mol. The SMILES string of the molecule is ClCC=C(Br)c1ccccc1. The molecule has 0 aliphatic heterocycles. The number of halogens is 2. The fourth-order valence-electron chi connectivity index (χ4n) is 0.783. The number of rotatable bonds is 2. The zero-order valence-electron chi connectivity index (χ0n) is 5.93. The van der Waals surface area contributed by atoms with Gasteiger partial charge in [-0.2, -0.15) is 0 Å². The highest BCUT2D eigenvalue weighted by atomic mass is 79.9. The van der Waals surface area contributed by atoms with E-state index < -0.39 is 0 Å². The molecule has 0 aliphatic rings. The third kappa shape index (κ3) is 2.68. The van der Waals surface area contributed by atoms with Crippen molar-refractivity contribution in [3.05, 3.63) is 42.0 Å². The van der Waals surface area contributed by atoms with Gasteiger partial charge in [-0.15, -0.1) is 11.6 Å². The molecule has 0 atom stereocenters. The molecule has 0 spiro atoms. The maximum Gasteiger partial charge on any atom is 0.0418 e. The van der Waals surface area contributed by atoms with Crippen LogP contribution in [0.25, 0.3) is 4.48 Å². The van der Waals surface area contributed by atoms with Gasteiger partial charge in [-0.25, -0.2) is 0 Å². The molecule has 0 N–H and O–H groups in total. The van der Waals surface area contributed by atoms with Crippen LogP contribution in [-0.2, 0) is 0 Å². The second-order valence-electron chi connectivity index (χ2n) is 2.07. The summed E-state index contributed by atoms with van der Waals surface area (Å²) in [6.45, 7) is 0. The van der Waals surface area contributed by atoms with Crippen LogP contribution in [0.3, 0.4) is 0 Å². The van der Waals surface area contributed by atoms with Crippen LogP contribution in [0.5, 0.6) is 0 Å². The third-order valence-corrected chi connectivity index (χ3v) is 2.24. The van der Waals surface area contributed by atoms with Crippen molar-refractivity contribution in [3.63, 3.8) is 0 Å². The molecule has 0 saturated carbocycles. The first-order chi connectivity index (χ1) is 5.34. The molecule has 0 aromatic heterocycles. The summed E-state index contributed by atoms with van der Waals surface area (Å²) in [6.07, 6.45) is 1.93. The smallest absolute Gasteiger partial charge is 0.0418 e. The van der Waals surface area contributed by atoms with E-state index in [1.165, 1.54) is 0 Å². The summed E-state index contributed by atoms with van der Waals surface area (Å²) >= 11 is 8.96. The van der Waals surface area contributed by atoms with E-state index in [0.717, 1.165) is 10.0 Å².